The van der Waals surface area contributed by atoms with E-state index in [1.807, 2.05) is 0 Å². The number of para-hydroxylation sites is 2. The number of rotatable bonds is 7. The molecule has 3 aromatic rings. The molecule has 0 radical (unpaired) electrons. The molecule has 0 amide bonds. The summed E-state index contributed by atoms with van der Waals surface area (Å²) in [4.78, 5) is 31.3. The number of hydrogen-bond acceptors (Lipinski definition) is 8. The summed E-state index contributed by atoms with van der Waals surface area (Å²) in [6.45, 7) is 0. The Bertz CT molecular complexity index is 1070. The lowest BCUT2D eigenvalue weighted by Gasteiger charge is -2.26. The number of benzene rings is 3. The minimum atomic E-state index is -1.19. The van der Waals surface area contributed by atoms with Gasteiger partial charge in [0, 0.05) is 6.07 Å². The SMILES string of the molecule is O=[N+]([O-])c1ccc(N(Nc2ccccc2)c2ccccc2)c([N+](=O)[O-])c1[N+](=O)[O-]. The Balaban J connectivity index is 2.27. The van der Waals surface area contributed by atoms with Crippen LogP contribution >= 0.6 is 0 Å². The largest absolute Gasteiger partial charge is 0.424 e. The number of nitrogens with zero attached hydrogens (tertiary/aromatic N) is 4. The van der Waals surface area contributed by atoms with Gasteiger partial charge >= 0.3 is 17.1 Å². The molecule has 0 fully saturated rings. The third-order valence-electron chi connectivity index (χ3n) is 3.94. The average molecular weight is 395 g/mol. The smallest absolute Gasteiger partial charge is 0.294 e. The van der Waals surface area contributed by atoms with Crippen LogP contribution in [0, 0.1) is 30.3 Å². The molecular weight excluding hydrogens is 382 g/mol. The molecule has 0 spiro atoms. The van der Waals surface area contributed by atoms with E-state index < -0.39 is 31.8 Å². The molecule has 11 heteroatoms. The zero-order valence-electron chi connectivity index (χ0n) is 14.7. The van der Waals surface area contributed by atoms with Crippen LogP contribution in [0.3, 0.4) is 0 Å². The van der Waals surface area contributed by atoms with Crippen molar-refractivity contribution in [2.24, 2.45) is 0 Å². The lowest BCUT2D eigenvalue weighted by Crippen LogP contribution is -2.25. The monoisotopic (exact) mass is 395 g/mol. The third-order valence-corrected chi connectivity index (χ3v) is 3.94. The van der Waals surface area contributed by atoms with Crippen molar-refractivity contribution in [1.82, 2.24) is 0 Å². The zero-order chi connectivity index (χ0) is 21.0. The van der Waals surface area contributed by atoms with E-state index in [1.165, 1.54) is 5.01 Å². The van der Waals surface area contributed by atoms with E-state index in [0.717, 1.165) is 12.1 Å². The van der Waals surface area contributed by atoms with E-state index in [-0.39, 0.29) is 5.69 Å². The van der Waals surface area contributed by atoms with E-state index in [0.29, 0.717) is 11.4 Å². The Morgan fingerprint density at radius 2 is 1.21 bits per heavy atom. The van der Waals surface area contributed by atoms with Crippen LogP contribution in [-0.2, 0) is 0 Å². The fourth-order valence-corrected chi connectivity index (χ4v) is 2.73. The second kappa shape index (κ2) is 8.00. The van der Waals surface area contributed by atoms with Crippen molar-refractivity contribution < 1.29 is 14.8 Å². The van der Waals surface area contributed by atoms with Gasteiger partial charge in [-0.2, -0.15) is 0 Å². The van der Waals surface area contributed by atoms with E-state index in [1.54, 1.807) is 60.7 Å². The molecule has 0 saturated carbocycles. The van der Waals surface area contributed by atoms with Gasteiger partial charge in [0.1, 0.15) is 5.69 Å². The van der Waals surface area contributed by atoms with Gasteiger partial charge in [-0.1, -0.05) is 36.4 Å². The van der Waals surface area contributed by atoms with Crippen LogP contribution in [0.25, 0.3) is 0 Å². The summed E-state index contributed by atoms with van der Waals surface area (Å²) < 4.78 is 0. The maximum absolute atomic E-state index is 11.7. The molecular formula is C18H13N5O6. The summed E-state index contributed by atoms with van der Waals surface area (Å²) in [5.74, 6) is 0. The molecule has 11 nitrogen and oxygen atoms in total. The Kier molecular flexibility index (Phi) is 5.30. The van der Waals surface area contributed by atoms with Gasteiger partial charge in [-0.3, -0.25) is 35.8 Å². The molecule has 3 aromatic carbocycles. The van der Waals surface area contributed by atoms with E-state index >= 15 is 0 Å². The van der Waals surface area contributed by atoms with Gasteiger partial charge in [0.15, 0.2) is 0 Å². The van der Waals surface area contributed by atoms with Crippen LogP contribution < -0.4 is 10.4 Å². The fraction of sp³-hybridized carbons (Fsp3) is 0. The van der Waals surface area contributed by atoms with Crippen LogP contribution in [0.1, 0.15) is 0 Å². The molecule has 0 atom stereocenters. The highest BCUT2D eigenvalue weighted by molar-refractivity contribution is 5.84. The summed E-state index contributed by atoms with van der Waals surface area (Å²) in [5.41, 5.74) is 0.583. The second-order valence-corrected chi connectivity index (χ2v) is 5.72. The normalized spacial score (nSPS) is 10.2. The first-order valence-electron chi connectivity index (χ1n) is 8.17. The lowest BCUT2D eigenvalue weighted by atomic mass is 10.1. The van der Waals surface area contributed by atoms with Gasteiger partial charge in [-0.15, -0.1) is 0 Å². The van der Waals surface area contributed by atoms with Crippen LogP contribution in [0.5, 0.6) is 0 Å². The van der Waals surface area contributed by atoms with Crippen molar-refractivity contribution in [3.63, 3.8) is 0 Å². The van der Waals surface area contributed by atoms with E-state index in [9.17, 15) is 30.3 Å². The maximum Gasteiger partial charge on any atom is 0.424 e. The van der Waals surface area contributed by atoms with Crippen molar-refractivity contribution >= 4 is 34.1 Å². The third kappa shape index (κ3) is 3.93. The molecule has 0 saturated heterocycles. The number of nitro groups is 3. The summed E-state index contributed by atoms with van der Waals surface area (Å²) >= 11 is 0. The molecule has 0 aliphatic heterocycles. The number of nitrogens with one attached hydrogen (secondary N) is 1. The van der Waals surface area contributed by atoms with Gasteiger partial charge in [0.2, 0.25) is 0 Å². The van der Waals surface area contributed by atoms with Gasteiger partial charge in [-0.25, -0.2) is 5.01 Å². The predicted molar refractivity (Wildman–Crippen MR) is 105 cm³/mol. The van der Waals surface area contributed by atoms with Crippen LogP contribution in [-0.4, -0.2) is 14.8 Å². The molecule has 0 heterocycles. The quantitative estimate of drug-likeness (QED) is 0.452. The highest BCUT2D eigenvalue weighted by Gasteiger charge is 2.40. The Morgan fingerprint density at radius 1 is 0.655 bits per heavy atom. The number of nitro benzene ring substituents is 3. The molecule has 0 unspecified atom stereocenters. The Labute approximate surface area is 163 Å². The minimum Gasteiger partial charge on any atom is -0.294 e. The van der Waals surface area contributed by atoms with Gasteiger partial charge in [0.05, 0.1) is 26.1 Å². The summed E-state index contributed by atoms with van der Waals surface area (Å²) in [6, 6.07) is 19.0. The van der Waals surface area contributed by atoms with Gasteiger partial charge in [0.25, 0.3) is 0 Å². The van der Waals surface area contributed by atoms with Crippen LogP contribution in [0.15, 0.2) is 72.8 Å². The first-order valence-corrected chi connectivity index (χ1v) is 8.17. The molecule has 29 heavy (non-hydrogen) atoms. The topological polar surface area (TPSA) is 145 Å². The first-order chi connectivity index (χ1) is 13.9. The standard InChI is InChI=1S/C18H13N5O6/c24-21(25)16-12-11-15(17(22(26)27)18(16)23(28)29)20(14-9-5-2-6-10-14)19-13-7-3-1-4-8-13/h1-12,19H. The van der Waals surface area contributed by atoms with Crippen molar-refractivity contribution in [2.75, 3.05) is 10.4 Å². The number of hydrogen-bond donors (Lipinski definition) is 1. The van der Waals surface area contributed by atoms with Crippen LogP contribution in [0.2, 0.25) is 0 Å². The van der Waals surface area contributed by atoms with Crippen molar-refractivity contribution in [2.45, 2.75) is 0 Å². The molecule has 3 rings (SSSR count). The summed E-state index contributed by atoms with van der Waals surface area (Å²) in [7, 11) is 0. The predicted octanol–water partition coefficient (Wildman–Crippen LogP) is 4.58. The molecule has 146 valence electrons. The first kappa shape index (κ1) is 19.2. The van der Waals surface area contributed by atoms with E-state index in [4.69, 9.17) is 0 Å². The highest BCUT2D eigenvalue weighted by Crippen LogP contribution is 2.45. The molecule has 0 aromatic heterocycles. The second-order valence-electron chi connectivity index (χ2n) is 5.72. The van der Waals surface area contributed by atoms with E-state index in [2.05, 4.69) is 5.43 Å². The maximum atomic E-state index is 11.7. The summed E-state index contributed by atoms with van der Waals surface area (Å²) in [5, 5.41) is 35.7. The zero-order valence-corrected chi connectivity index (χ0v) is 14.7. The Hall–Kier alpha value is -4.54. The van der Waals surface area contributed by atoms with Crippen molar-refractivity contribution in [3.8, 4) is 0 Å². The summed E-state index contributed by atoms with van der Waals surface area (Å²) in [6.07, 6.45) is 0. The molecule has 1 N–H and O–H groups in total. The molecule has 0 bridgehead atoms. The van der Waals surface area contributed by atoms with Crippen molar-refractivity contribution in [3.05, 3.63) is 103 Å². The lowest BCUT2D eigenvalue weighted by molar-refractivity contribution is -0.440. The number of anilines is 3. The Morgan fingerprint density at radius 3 is 1.72 bits per heavy atom. The highest BCUT2D eigenvalue weighted by atomic mass is 16.6. The average Bonchev–Trinajstić information content (AvgIpc) is 2.72. The molecule has 0 aliphatic rings. The van der Waals surface area contributed by atoms with Crippen molar-refractivity contribution in [1.29, 1.82) is 0 Å². The number of hydrazine groups is 1. The van der Waals surface area contributed by atoms with Crippen LogP contribution in [0.4, 0.5) is 34.1 Å². The van der Waals surface area contributed by atoms with Gasteiger partial charge < -0.3 is 0 Å². The fourth-order valence-electron chi connectivity index (χ4n) is 2.73. The van der Waals surface area contributed by atoms with Gasteiger partial charge in [-0.05, 0) is 30.3 Å². The minimum absolute atomic E-state index is 0.220. The molecule has 0 aliphatic carbocycles.